The Balaban J connectivity index is 4.30. The zero-order valence-electron chi connectivity index (χ0n) is 13.1. The molecule has 0 aromatic carbocycles. The lowest BCUT2D eigenvalue weighted by molar-refractivity contribution is 0.110. The molecule has 0 bridgehead atoms. The molecular weight excluding hydrogens is 280 g/mol. The fraction of sp³-hybridized carbons (Fsp3) is 1.00. The lowest BCUT2D eigenvalue weighted by Gasteiger charge is -2.22. The Morgan fingerprint density at radius 1 is 1.00 bits per heavy atom. The van der Waals surface area contributed by atoms with Crippen LogP contribution in [0.3, 0.4) is 0 Å². The number of unbranched alkanes of at least 4 members (excludes halogenated alkanes) is 1. The predicted molar refractivity (Wildman–Crippen MR) is 81.5 cm³/mol. The number of ether oxygens (including phenoxy) is 2. The van der Waals surface area contributed by atoms with Crippen molar-refractivity contribution in [3.8, 4) is 0 Å². The normalized spacial score (nSPS) is 12.2. The maximum Gasteiger partial charge on any atom is 0.214 e. The van der Waals surface area contributed by atoms with E-state index in [0.29, 0.717) is 45.9 Å². The monoisotopic (exact) mass is 310 g/mol. The molecule has 0 rings (SSSR count). The first kappa shape index (κ1) is 19.8. The second-order valence-corrected chi connectivity index (χ2v) is 6.51. The molecule has 0 aromatic rings. The lowest BCUT2D eigenvalue weighted by Crippen LogP contribution is -2.38. The Kier molecular flexibility index (Phi) is 12.4. The Hall–Kier alpha value is -0.210. The van der Waals surface area contributed by atoms with E-state index >= 15 is 0 Å². The van der Waals surface area contributed by atoms with E-state index < -0.39 is 10.0 Å². The summed E-state index contributed by atoms with van der Waals surface area (Å²) < 4.78 is 36.5. The van der Waals surface area contributed by atoms with Gasteiger partial charge in [0.1, 0.15) is 0 Å². The molecule has 0 amide bonds. The lowest BCUT2D eigenvalue weighted by atomic mass is 10.3. The molecule has 0 atom stereocenters. The molecule has 6 nitrogen and oxygen atoms in total. The fourth-order valence-corrected chi connectivity index (χ4v) is 3.26. The van der Waals surface area contributed by atoms with Crippen molar-refractivity contribution in [2.75, 3.05) is 58.9 Å². The van der Waals surface area contributed by atoms with Gasteiger partial charge in [-0.1, -0.05) is 0 Å². The van der Waals surface area contributed by atoms with E-state index in [0.717, 1.165) is 13.0 Å². The molecule has 0 saturated heterocycles. The molecule has 122 valence electrons. The highest BCUT2D eigenvalue weighted by Crippen LogP contribution is 2.05. The zero-order chi connectivity index (χ0) is 15.3. The van der Waals surface area contributed by atoms with Gasteiger partial charge in [0.25, 0.3) is 0 Å². The average molecular weight is 310 g/mol. The Bertz CT molecular complexity index is 299. The van der Waals surface area contributed by atoms with Crippen molar-refractivity contribution in [3.05, 3.63) is 0 Å². The van der Waals surface area contributed by atoms with Crippen molar-refractivity contribution >= 4 is 10.0 Å². The molecule has 1 N–H and O–H groups in total. The maximum atomic E-state index is 12.3. The van der Waals surface area contributed by atoms with Gasteiger partial charge in [0.15, 0.2) is 0 Å². The van der Waals surface area contributed by atoms with Crippen LogP contribution in [0.25, 0.3) is 0 Å². The van der Waals surface area contributed by atoms with E-state index in [-0.39, 0.29) is 5.75 Å². The van der Waals surface area contributed by atoms with E-state index in [1.54, 1.807) is 0 Å². The molecule has 0 saturated carbocycles. The molecule has 20 heavy (non-hydrogen) atoms. The van der Waals surface area contributed by atoms with Crippen LogP contribution in [0.5, 0.6) is 0 Å². The number of sulfonamides is 1. The molecule has 0 aromatic heterocycles. The van der Waals surface area contributed by atoms with E-state index in [9.17, 15) is 8.42 Å². The summed E-state index contributed by atoms with van der Waals surface area (Å²) in [6.07, 6.45) is 1.53. The van der Waals surface area contributed by atoms with Crippen LogP contribution >= 0.6 is 0 Å². The van der Waals surface area contributed by atoms with Gasteiger partial charge >= 0.3 is 0 Å². The van der Waals surface area contributed by atoms with Crippen molar-refractivity contribution in [3.63, 3.8) is 0 Å². The topological polar surface area (TPSA) is 67.9 Å². The summed E-state index contributed by atoms with van der Waals surface area (Å²) in [6, 6.07) is 0. The minimum atomic E-state index is -3.22. The van der Waals surface area contributed by atoms with E-state index in [2.05, 4.69) is 5.32 Å². The van der Waals surface area contributed by atoms with E-state index in [4.69, 9.17) is 9.47 Å². The summed E-state index contributed by atoms with van der Waals surface area (Å²) >= 11 is 0. The third-order valence-electron chi connectivity index (χ3n) is 2.85. The summed E-state index contributed by atoms with van der Waals surface area (Å²) in [5.74, 6) is 0.187. The molecule has 0 aliphatic heterocycles. The second kappa shape index (κ2) is 12.5. The van der Waals surface area contributed by atoms with Crippen LogP contribution in [0.15, 0.2) is 0 Å². The van der Waals surface area contributed by atoms with Crippen molar-refractivity contribution < 1.29 is 17.9 Å². The molecule has 0 radical (unpaired) electrons. The quantitative estimate of drug-likeness (QED) is 0.478. The molecule has 7 heteroatoms. The average Bonchev–Trinajstić information content (AvgIpc) is 2.42. The van der Waals surface area contributed by atoms with Gasteiger partial charge < -0.3 is 14.8 Å². The molecular formula is C13H30N2O4S. The van der Waals surface area contributed by atoms with Crippen LogP contribution in [0, 0.1) is 0 Å². The standard InChI is InChI=1S/C13H30N2O4S/c1-4-18-11-9-15(10-12-19-5-2)20(16,17)13-7-6-8-14-3/h14H,4-13H2,1-3H3. The number of hydrogen-bond acceptors (Lipinski definition) is 5. The first-order valence-corrected chi connectivity index (χ1v) is 8.97. The molecule has 0 heterocycles. The molecule has 0 unspecified atom stereocenters. The smallest absolute Gasteiger partial charge is 0.214 e. The van der Waals surface area contributed by atoms with Crippen LogP contribution in [0.2, 0.25) is 0 Å². The predicted octanol–water partition coefficient (Wildman–Crippen LogP) is 0.691. The van der Waals surface area contributed by atoms with Crippen LogP contribution in [0.4, 0.5) is 0 Å². The van der Waals surface area contributed by atoms with Crippen LogP contribution in [-0.4, -0.2) is 71.6 Å². The molecule has 0 fully saturated rings. The van der Waals surface area contributed by atoms with Crippen molar-refractivity contribution in [2.45, 2.75) is 26.7 Å². The van der Waals surface area contributed by atoms with E-state index in [1.807, 2.05) is 20.9 Å². The minimum Gasteiger partial charge on any atom is -0.380 e. The Morgan fingerprint density at radius 2 is 1.55 bits per heavy atom. The molecule has 0 aliphatic carbocycles. The van der Waals surface area contributed by atoms with Gasteiger partial charge in [0.05, 0.1) is 19.0 Å². The Labute approximate surface area is 123 Å². The van der Waals surface area contributed by atoms with Crippen LogP contribution in [-0.2, 0) is 19.5 Å². The minimum absolute atomic E-state index is 0.187. The number of nitrogens with one attached hydrogen (secondary N) is 1. The van der Waals surface area contributed by atoms with Gasteiger partial charge in [0, 0.05) is 26.3 Å². The van der Waals surface area contributed by atoms with Crippen molar-refractivity contribution in [1.29, 1.82) is 0 Å². The highest BCUT2D eigenvalue weighted by molar-refractivity contribution is 7.89. The third-order valence-corrected chi connectivity index (χ3v) is 4.81. The summed E-state index contributed by atoms with van der Waals surface area (Å²) in [4.78, 5) is 0. The highest BCUT2D eigenvalue weighted by atomic mass is 32.2. The van der Waals surface area contributed by atoms with Gasteiger partial charge in [-0.2, -0.15) is 4.31 Å². The number of nitrogens with zero attached hydrogens (tertiary/aromatic N) is 1. The first-order chi connectivity index (χ1) is 9.58. The van der Waals surface area contributed by atoms with Crippen LogP contribution < -0.4 is 5.32 Å². The van der Waals surface area contributed by atoms with Gasteiger partial charge in [-0.25, -0.2) is 8.42 Å². The number of rotatable bonds is 14. The zero-order valence-corrected chi connectivity index (χ0v) is 13.9. The fourth-order valence-electron chi connectivity index (χ4n) is 1.73. The largest absolute Gasteiger partial charge is 0.380 e. The van der Waals surface area contributed by atoms with Gasteiger partial charge in [-0.3, -0.25) is 0 Å². The Morgan fingerprint density at radius 3 is 2.00 bits per heavy atom. The van der Waals surface area contributed by atoms with Crippen molar-refractivity contribution in [1.82, 2.24) is 9.62 Å². The maximum absolute atomic E-state index is 12.3. The number of hydrogen-bond donors (Lipinski definition) is 1. The summed E-state index contributed by atoms with van der Waals surface area (Å²) in [7, 11) is -1.35. The molecule has 0 spiro atoms. The van der Waals surface area contributed by atoms with E-state index in [1.165, 1.54) is 4.31 Å². The third kappa shape index (κ3) is 9.66. The highest BCUT2D eigenvalue weighted by Gasteiger charge is 2.20. The van der Waals surface area contributed by atoms with Gasteiger partial charge in [-0.15, -0.1) is 0 Å². The molecule has 0 aliphatic rings. The summed E-state index contributed by atoms with van der Waals surface area (Å²) in [5, 5.41) is 3.02. The van der Waals surface area contributed by atoms with Gasteiger partial charge in [0.2, 0.25) is 10.0 Å². The van der Waals surface area contributed by atoms with Crippen LogP contribution in [0.1, 0.15) is 26.7 Å². The van der Waals surface area contributed by atoms with Gasteiger partial charge in [-0.05, 0) is 40.3 Å². The summed E-state index contributed by atoms with van der Waals surface area (Å²) in [5.41, 5.74) is 0. The first-order valence-electron chi connectivity index (χ1n) is 7.36. The second-order valence-electron chi connectivity index (χ2n) is 4.42. The SMILES string of the molecule is CCOCCN(CCOCC)S(=O)(=O)CCCCNC. The summed E-state index contributed by atoms with van der Waals surface area (Å²) in [6.45, 7) is 7.49. The van der Waals surface area contributed by atoms with Crippen molar-refractivity contribution in [2.24, 2.45) is 0 Å².